The van der Waals surface area contributed by atoms with E-state index in [1.807, 2.05) is 18.2 Å². The number of hydrogen-bond acceptors (Lipinski definition) is 3. The van der Waals surface area contributed by atoms with Crippen LogP contribution in [0.2, 0.25) is 5.02 Å². The zero-order valence-corrected chi connectivity index (χ0v) is 14.6. The van der Waals surface area contributed by atoms with Crippen molar-refractivity contribution in [1.82, 2.24) is 10.2 Å². The lowest BCUT2D eigenvalue weighted by Crippen LogP contribution is -2.51. The molecule has 0 spiro atoms. The Morgan fingerprint density at radius 3 is 2.36 bits per heavy atom. The van der Waals surface area contributed by atoms with Crippen LogP contribution in [0, 0.1) is 0 Å². The summed E-state index contributed by atoms with van der Waals surface area (Å²) >= 11 is 5.88. The van der Waals surface area contributed by atoms with Gasteiger partial charge in [-0.15, -0.1) is 0 Å². The topological polar surface area (TPSA) is 52.7 Å². The highest BCUT2D eigenvalue weighted by Gasteiger charge is 2.21. The normalized spacial score (nSPS) is 14.3. The number of rotatable bonds is 4. The van der Waals surface area contributed by atoms with E-state index in [0.717, 1.165) is 13.1 Å². The number of amides is 2. The molecule has 0 saturated carbocycles. The van der Waals surface area contributed by atoms with Gasteiger partial charge in [0.2, 0.25) is 5.91 Å². The highest BCUT2D eigenvalue weighted by Crippen LogP contribution is 2.15. The Kier molecular flexibility index (Phi) is 5.56. The Balaban J connectivity index is 1.47. The maximum atomic E-state index is 12.3. The second-order valence-electron chi connectivity index (χ2n) is 5.90. The number of nitrogens with zero attached hydrogens (tertiary/aromatic N) is 2. The monoisotopic (exact) mass is 357 g/mol. The molecular formula is C19H20ClN3O2. The van der Waals surface area contributed by atoms with E-state index in [4.69, 9.17) is 11.6 Å². The van der Waals surface area contributed by atoms with E-state index in [9.17, 15) is 9.59 Å². The zero-order chi connectivity index (χ0) is 17.6. The maximum absolute atomic E-state index is 12.3. The van der Waals surface area contributed by atoms with Crippen molar-refractivity contribution in [3.63, 3.8) is 0 Å². The number of carbonyl (C=O) groups is 2. The molecule has 2 amide bonds. The molecule has 0 unspecified atom stereocenters. The standard InChI is InChI=1S/C19H20ClN3O2/c20-16-6-4-5-15(13-16)19(25)21-14-18(24)23-11-9-22(10-12-23)17-7-2-1-3-8-17/h1-8,13H,9-12,14H2,(H,21,25). The van der Waals surface area contributed by atoms with Crippen molar-refractivity contribution in [2.45, 2.75) is 0 Å². The van der Waals surface area contributed by atoms with Gasteiger partial charge in [0.15, 0.2) is 0 Å². The number of nitrogens with one attached hydrogen (secondary N) is 1. The fraction of sp³-hybridized carbons (Fsp3) is 0.263. The van der Waals surface area contributed by atoms with E-state index in [-0.39, 0.29) is 18.4 Å². The molecule has 5 nitrogen and oxygen atoms in total. The van der Waals surface area contributed by atoms with Crippen LogP contribution in [-0.4, -0.2) is 49.4 Å². The van der Waals surface area contributed by atoms with Gasteiger partial charge in [0, 0.05) is 42.5 Å². The van der Waals surface area contributed by atoms with Gasteiger partial charge in [-0.2, -0.15) is 0 Å². The van der Waals surface area contributed by atoms with Crippen molar-refractivity contribution < 1.29 is 9.59 Å². The van der Waals surface area contributed by atoms with Gasteiger partial charge in [-0.05, 0) is 30.3 Å². The van der Waals surface area contributed by atoms with Crippen molar-refractivity contribution in [3.05, 3.63) is 65.2 Å². The molecule has 0 atom stereocenters. The lowest BCUT2D eigenvalue weighted by molar-refractivity contribution is -0.130. The first kappa shape index (κ1) is 17.3. The third kappa shape index (κ3) is 4.51. The predicted molar refractivity (Wildman–Crippen MR) is 99.0 cm³/mol. The summed E-state index contributed by atoms with van der Waals surface area (Å²) in [6.45, 7) is 2.88. The lowest BCUT2D eigenvalue weighted by Gasteiger charge is -2.36. The minimum absolute atomic E-state index is 0.00329. The molecule has 0 aliphatic carbocycles. The van der Waals surface area contributed by atoms with Crippen molar-refractivity contribution in [1.29, 1.82) is 0 Å². The largest absolute Gasteiger partial charge is 0.368 e. The highest BCUT2D eigenvalue weighted by molar-refractivity contribution is 6.30. The molecule has 1 aliphatic rings. The number of hydrogen-bond donors (Lipinski definition) is 1. The predicted octanol–water partition coefficient (Wildman–Crippen LogP) is 2.42. The first-order valence-corrected chi connectivity index (χ1v) is 8.63. The van der Waals surface area contributed by atoms with Crippen LogP contribution in [0.25, 0.3) is 0 Å². The maximum Gasteiger partial charge on any atom is 0.251 e. The molecule has 0 radical (unpaired) electrons. The van der Waals surface area contributed by atoms with Crippen molar-refractivity contribution >= 4 is 29.1 Å². The molecule has 1 saturated heterocycles. The average Bonchev–Trinajstić information content (AvgIpc) is 2.66. The van der Waals surface area contributed by atoms with Crippen LogP contribution in [0.3, 0.4) is 0 Å². The summed E-state index contributed by atoms with van der Waals surface area (Å²) < 4.78 is 0. The number of para-hydroxylation sites is 1. The van der Waals surface area contributed by atoms with E-state index < -0.39 is 0 Å². The molecule has 130 valence electrons. The molecule has 3 rings (SSSR count). The van der Waals surface area contributed by atoms with Gasteiger partial charge in [-0.3, -0.25) is 9.59 Å². The minimum Gasteiger partial charge on any atom is -0.368 e. The first-order chi connectivity index (χ1) is 12.1. The molecular weight excluding hydrogens is 338 g/mol. The van der Waals surface area contributed by atoms with Gasteiger partial charge in [0.1, 0.15) is 0 Å². The van der Waals surface area contributed by atoms with E-state index in [1.165, 1.54) is 5.69 Å². The van der Waals surface area contributed by atoms with Gasteiger partial charge < -0.3 is 15.1 Å². The average molecular weight is 358 g/mol. The van der Waals surface area contributed by atoms with Crippen LogP contribution in [-0.2, 0) is 4.79 Å². The summed E-state index contributed by atoms with van der Waals surface area (Å²) in [5.41, 5.74) is 1.62. The summed E-state index contributed by atoms with van der Waals surface area (Å²) in [5.74, 6) is -0.359. The number of carbonyl (C=O) groups excluding carboxylic acids is 2. The molecule has 25 heavy (non-hydrogen) atoms. The van der Waals surface area contributed by atoms with E-state index >= 15 is 0 Å². The van der Waals surface area contributed by atoms with Gasteiger partial charge in [0.05, 0.1) is 6.54 Å². The number of halogens is 1. The third-order valence-electron chi connectivity index (χ3n) is 4.24. The quantitative estimate of drug-likeness (QED) is 0.914. The second-order valence-corrected chi connectivity index (χ2v) is 6.33. The molecule has 2 aromatic carbocycles. The lowest BCUT2D eigenvalue weighted by atomic mass is 10.2. The fourth-order valence-electron chi connectivity index (χ4n) is 2.85. The smallest absolute Gasteiger partial charge is 0.251 e. The van der Waals surface area contributed by atoms with Crippen LogP contribution in [0.15, 0.2) is 54.6 Å². The molecule has 1 N–H and O–H groups in total. The van der Waals surface area contributed by atoms with E-state index in [1.54, 1.807) is 29.2 Å². The zero-order valence-electron chi connectivity index (χ0n) is 13.8. The Bertz CT molecular complexity index is 743. The summed E-state index contributed by atoms with van der Waals surface area (Å²) in [6.07, 6.45) is 0. The summed E-state index contributed by atoms with van der Waals surface area (Å²) in [6, 6.07) is 16.8. The summed E-state index contributed by atoms with van der Waals surface area (Å²) in [4.78, 5) is 28.4. The Morgan fingerprint density at radius 2 is 1.68 bits per heavy atom. The molecule has 6 heteroatoms. The Labute approximate surface area is 152 Å². The third-order valence-corrected chi connectivity index (χ3v) is 4.48. The second kappa shape index (κ2) is 8.03. The van der Waals surface area contributed by atoms with Crippen LogP contribution < -0.4 is 10.2 Å². The molecule has 1 fully saturated rings. The Morgan fingerprint density at radius 1 is 0.960 bits per heavy atom. The van der Waals surface area contributed by atoms with Crippen LogP contribution in [0.5, 0.6) is 0 Å². The van der Waals surface area contributed by atoms with E-state index in [0.29, 0.717) is 23.7 Å². The van der Waals surface area contributed by atoms with Crippen LogP contribution in [0.4, 0.5) is 5.69 Å². The Hall–Kier alpha value is -2.53. The van der Waals surface area contributed by atoms with Gasteiger partial charge in [-0.1, -0.05) is 35.9 Å². The fourth-order valence-corrected chi connectivity index (χ4v) is 3.04. The van der Waals surface area contributed by atoms with Gasteiger partial charge >= 0.3 is 0 Å². The molecule has 0 aromatic heterocycles. The van der Waals surface area contributed by atoms with Crippen molar-refractivity contribution in [2.24, 2.45) is 0 Å². The summed E-state index contributed by atoms with van der Waals surface area (Å²) in [5, 5.41) is 3.16. The molecule has 1 aliphatic heterocycles. The number of anilines is 1. The van der Waals surface area contributed by atoms with Crippen LogP contribution >= 0.6 is 11.6 Å². The van der Waals surface area contributed by atoms with Crippen LogP contribution in [0.1, 0.15) is 10.4 Å². The number of benzene rings is 2. The van der Waals surface area contributed by atoms with E-state index in [2.05, 4.69) is 22.3 Å². The first-order valence-electron chi connectivity index (χ1n) is 8.25. The highest BCUT2D eigenvalue weighted by atomic mass is 35.5. The SMILES string of the molecule is O=C(NCC(=O)N1CCN(c2ccccc2)CC1)c1cccc(Cl)c1. The molecule has 0 bridgehead atoms. The summed E-state index contributed by atoms with van der Waals surface area (Å²) in [7, 11) is 0. The van der Waals surface area contributed by atoms with Crippen molar-refractivity contribution in [3.8, 4) is 0 Å². The van der Waals surface area contributed by atoms with Gasteiger partial charge in [0.25, 0.3) is 5.91 Å². The van der Waals surface area contributed by atoms with Gasteiger partial charge in [-0.25, -0.2) is 0 Å². The number of piperazine rings is 1. The molecule has 1 heterocycles. The molecule has 2 aromatic rings. The van der Waals surface area contributed by atoms with Crippen molar-refractivity contribution in [2.75, 3.05) is 37.6 Å². The minimum atomic E-state index is -0.293.